The van der Waals surface area contributed by atoms with Gasteiger partial charge in [0, 0.05) is 13.7 Å². The number of hydrogen-bond acceptors (Lipinski definition) is 2. The molecule has 0 aliphatic heterocycles. The first-order valence-corrected chi connectivity index (χ1v) is 5.64. The van der Waals surface area contributed by atoms with Crippen molar-refractivity contribution in [3.63, 3.8) is 0 Å². The maximum absolute atomic E-state index is 9.27. The highest BCUT2D eigenvalue weighted by molar-refractivity contribution is 6.31. The average molecular weight is 231 g/mol. The fourth-order valence-corrected chi connectivity index (χ4v) is 1.90. The van der Waals surface area contributed by atoms with Crippen LogP contribution >= 0.6 is 11.6 Å². The van der Waals surface area contributed by atoms with Gasteiger partial charge in [-0.3, -0.25) is 4.68 Å². The second-order valence-electron chi connectivity index (χ2n) is 4.36. The van der Waals surface area contributed by atoms with Crippen LogP contribution in [-0.4, -0.2) is 21.5 Å². The van der Waals surface area contributed by atoms with Crippen molar-refractivity contribution >= 4 is 11.6 Å². The summed E-state index contributed by atoms with van der Waals surface area (Å²) in [4.78, 5) is 0. The molecule has 3 nitrogen and oxygen atoms in total. The molecule has 1 heterocycles. The number of halogens is 1. The third kappa shape index (κ3) is 2.73. The second-order valence-corrected chi connectivity index (χ2v) is 4.74. The van der Waals surface area contributed by atoms with E-state index >= 15 is 0 Å². The topological polar surface area (TPSA) is 38.0 Å². The fraction of sp³-hybridized carbons (Fsp3) is 0.727. The summed E-state index contributed by atoms with van der Waals surface area (Å²) in [6.07, 6.45) is 0.782. The Morgan fingerprint density at radius 1 is 1.47 bits per heavy atom. The summed E-state index contributed by atoms with van der Waals surface area (Å²) in [6.45, 7) is 6.31. The number of nitrogens with zero attached hydrogens (tertiary/aromatic N) is 2. The highest BCUT2D eigenvalue weighted by Crippen LogP contribution is 2.24. The molecule has 0 aromatic carbocycles. The highest BCUT2D eigenvalue weighted by Gasteiger charge is 2.18. The van der Waals surface area contributed by atoms with E-state index in [1.807, 2.05) is 18.7 Å². The molecule has 0 bridgehead atoms. The van der Waals surface area contributed by atoms with E-state index in [9.17, 15) is 5.11 Å². The number of hydrogen-bond donors (Lipinski definition) is 1. The molecule has 4 heteroatoms. The van der Waals surface area contributed by atoms with E-state index in [1.54, 1.807) is 0 Å². The Morgan fingerprint density at radius 3 is 2.40 bits per heavy atom. The van der Waals surface area contributed by atoms with Crippen LogP contribution < -0.4 is 0 Å². The summed E-state index contributed by atoms with van der Waals surface area (Å²) in [7, 11) is 1.89. The molecule has 1 atom stereocenters. The first kappa shape index (κ1) is 12.5. The van der Waals surface area contributed by atoms with Crippen molar-refractivity contribution in [3.8, 4) is 0 Å². The molecule has 15 heavy (non-hydrogen) atoms. The van der Waals surface area contributed by atoms with Gasteiger partial charge in [-0.25, -0.2) is 0 Å². The molecule has 86 valence electrons. The zero-order valence-electron chi connectivity index (χ0n) is 9.79. The van der Waals surface area contributed by atoms with E-state index < -0.39 is 0 Å². The van der Waals surface area contributed by atoms with Crippen LogP contribution in [0.2, 0.25) is 5.02 Å². The van der Waals surface area contributed by atoms with Gasteiger partial charge < -0.3 is 5.11 Å². The van der Waals surface area contributed by atoms with E-state index in [0.717, 1.165) is 22.8 Å². The van der Waals surface area contributed by atoms with Crippen molar-refractivity contribution in [1.82, 2.24) is 9.78 Å². The van der Waals surface area contributed by atoms with Crippen molar-refractivity contribution in [2.45, 2.75) is 27.2 Å². The van der Waals surface area contributed by atoms with Crippen LogP contribution in [0, 0.1) is 18.8 Å². The monoisotopic (exact) mass is 230 g/mol. The van der Waals surface area contributed by atoms with Gasteiger partial charge in [-0.05, 0) is 25.2 Å². The van der Waals surface area contributed by atoms with Gasteiger partial charge >= 0.3 is 0 Å². The van der Waals surface area contributed by atoms with Crippen LogP contribution in [0.1, 0.15) is 25.2 Å². The van der Waals surface area contributed by atoms with Crippen LogP contribution in [0.25, 0.3) is 0 Å². The lowest BCUT2D eigenvalue weighted by Crippen LogP contribution is -2.18. The molecular weight excluding hydrogens is 212 g/mol. The van der Waals surface area contributed by atoms with Crippen molar-refractivity contribution in [3.05, 3.63) is 16.4 Å². The lowest BCUT2D eigenvalue weighted by atomic mass is 9.92. The molecule has 1 N–H and O–H groups in total. The minimum atomic E-state index is 0.193. The van der Waals surface area contributed by atoms with Gasteiger partial charge in [0.15, 0.2) is 0 Å². The SMILES string of the molecule is Cc1nn(C)c(CC(CO)C(C)C)c1Cl. The number of rotatable bonds is 4. The molecule has 0 saturated carbocycles. The van der Waals surface area contributed by atoms with Gasteiger partial charge in [0.05, 0.1) is 16.4 Å². The molecule has 0 aliphatic rings. The molecule has 0 saturated heterocycles. The van der Waals surface area contributed by atoms with Crippen LogP contribution in [-0.2, 0) is 13.5 Å². The number of aromatic nitrogens is 2. The summed E-state index contributed by atoms with van der Waals surface area (Å²) >= 11 is 6.15. The lowest BCUT2D eigenvalue weighted by molar-refractivity contribution is 0.187. The third-order valence-electron chi connectivity index (χ3n) is 2.89. The number of aliphatic hydroxyl groups excluding tert-OH is 1. The van der Waals surface area contributed by atoms with Gasteiger partial charge in [-0.1, -0.05) is 25.4 Å². The normalized spacial score (nSPS) is 13.5. The van der Waals surface area contributed by atoms with Crippen molar-refractivity contribution < 1.29 is 5.11 Å². The summed E-state index contributed by atoms with van der Waals surface area (Å²) in [5, 5.41) is 14.3. The van der Waals surface area contributed by atoms with E-state index in [1.165, 1.54) is 0 Å². The van der Waals surface area contributed by atoms with Crippen molar-refractivity contribution in [1.29, 1.82) is 0 Å². The largest absolute Gasteiger partial charge is 0.396 e. The maximum Gasteiger partial charge on any atom is 0.0847 e. The Hall–Kier alpha value is -0.540. The minimum absolute atomic E-state index is 0.193. The van der Waals surface area contributed by atoms with E-state index in [-0.39, 0.29) is 12.5 Å². The fourth-order valence-electron chi connectivity index (χ4n) is 1.66. The zero-order valence-corrected chi connectivity index (χ0v) is 10.5. The quantitative estimate of drug-likeness (QED) is 0.861. The highest BCUT2D eigenvalue weighted by atomic mass is 35.5. The summed E-state index contributed by atoms with van der Waals surface area (Å²) < 4.78 is 1.81. The van der Waals surface area contributed by atoms with Gasteiger partial charge in [0.2, 0.25) is 0 Å². The summed E-state index contributed by atoms with van der Waals surface area (Å²) in [6, 6.07) is 0. The van der Waals surface area contributed by atoms with Crippen LogP contribution in [0.3, 0.4) is 0 Å². The van der Waals surface area contributed by atoms with Crippen molar-refractivity contribution in [2.24, 2.45) is 18.9 Å². The molecular formula is C11H19ClN2O. The second kappa shape index (κ2) is 4.99. The molecule has 0 aliphatic carbocycles. The first-order valence-electron chi connectivity index (χ1n) is 5.26. The van der Waals surface area contributed by atoms with Crippen molar-refractivity contribution in [2.75, 3.05) is 6.61 Å². The molecule has 0 amide bonds. The van der Waals surface area contributed by atoms with Gasteiger partial charge in [-0.15, -0.1) is 0 Å². The van der Waals surface area contributed by atoms with Gasteiger partial charge in [0.25, 0.3) is 0 Å². The van der Waals surface area contributed by atoms with E-state index in [0.29, 0.717) is 5.92 Å². The number of aliphatic hydroxyl groups is 1. The molecule has 0 fully saturated rings. The first-order chi connectivity index (χ1) is 6.97. The Kier molecular flexibility index (Phi) is 4.17. The zero-order chi connectivity index (χ0) is 11.6. The Morgan fingerprint density at radius 2 is 2.07 bits per heavy atom. The Bertz CT molecular complexity index is 334. The maximum atomic E-state index is 9.27. The summed E-state index contributed by atoms with van der Waals surface area (Å²) in [5.41, 5.74) is 1.87. The van der Waals surface area contributed by atoms with Crippen LogP contribution in [0.5, 0.6) is 0 Å². The Balaban J connectivity index is 2.88. The molecule has 1 rings (SSSR count). The van der Waals surface area contributed by atoms with Gasteiger partial charge in [0.1, 0.15) is 0 Å². The van der Waals surface area contributed by atoms with Gasteiger partial charge in [-0.2, -0.15) is 5.10 Å². The molecule has 1 unspecified atom stereocenters. The minimum Gasteiger partial charge on any atom is -0.396 e. The molecule has 1 aromatic heterocycles. The predicted octanol–water partition coefficient (Wildman–Crippen LogP) is 2.19. The van der Waals surface area contributed by atoms with E-state index in [4.69, 9.17) is 11.6 Å². The Labute approximate surface area is 96.1 Å². The molecule has 1 aromatic rings. The average Bonchev–Trinajstić information content (AvgIpc) is 2.39. The lowest BCUT2D eigenvalue weighted by Gasteiger charge is -2.18. The molecule has 0 radical (unpaired) electrons. The van der Waals surface area contributed by atoms with Crippen LogP contribution in [0.15, 0.2) is 0 Å². The number of aryl methyl sites for hydroxylation is 2. The predicted molar refractivity (Wildman–Crippen MR) is 62.1 cm³/mol. The smallest absolute Gasteiger partial charge is 0.0847 e. The molecule has 0 spiro atoms. The van der Waals surface area contributed by atoms with Crippen LogP contribution in [0.4, 0.5) is 0 Å². The summed E-state index contributed by atoms with van der Waals surface area (Å²) in [5.74, 6) is 0.693. The standard InChI is InChI=1S/C11H19ClN2O/c1-7(2)9(6-15)5-10-11(12)8(3)13-14(10)4/h7,9,15H,5-6H2,1-4H3. The third-order valence-corrected chi connectivity index (χ3v) is 3.39. The van der Waals surface area contributed by atoms with E-state index in [2.05, 4.69) is 18.9 Å².